The second kappa shape index (κ2) is 7.19. The minimum atomic E-state index is -0.117. The number of morpholine rings is 1. The number of hydrogen-bond acceptors (Lipinski definition) is 5. The van der Waals surface area contributed by atoms with E-state index in [1.165, 1.54) is 0 Å². The van der Waals surface area contributed by atoms with Crippen molar-refractivity contribution >= 4 is 11.7 Å². The van der Waals surface area contributed by atoms with Gasteiger partial charge in [0.2, 0.25) is 0 Å². The molecule has 0 radical (unpaired) electrons. The fourth-order valence-electron chi connectivity index (χ4n) is 2.49. The van der Waals surface area contributed by atoms with Gasteiger partial charge in [-0.1, -0.05) is 17.7 Å². The molecule has 0 aliphatic carbocycles. The first-order valence-electron chi connectivity index (χ1n) is 7.72. The Morgan fingerprint density at radius 1 is 1.30 bits per heavy atom. The van der Waals surface area contributed by atoms with E-state index in [9.17, 15) is 4.79 Å². The van der Waals surface area contributed by atoms with Crippen LogP contribution in [-0.2, 0) is 11.3 Å². The molecule has 0 spiro atoms. The third kappa shape index (κ3) is 4.04. The molecule has 1 saturated heterocycles. The van der Waals surface area contributed by atoms with Gasteiger partial charge >= 0.3 is 0 Å². The summed E-state index contributed by atoms with van der Waals surface area (Å²) in [5, 5.41) is 2.87. The fourth-order valence-corrected chi connectivity index (χ4v) is 2.49. The Morgan fingerprint density at radius 2 is 2.13 bits per heavy atom. The van der Waals surface area contributed by atoms with Gasteiger partial charge in [-0.2, -0.15) is 0 Å². The molecule has 1 aromatic carbocycles. The summed E-state index contributed by atoms with van der Waals surface area (Å²) in [6, 6.07) is 9.39. The van der Waals surface area contributed by atoms with Crippen molar-refractivity contribution < 1.29 is 9.53 Å². The number of nitrogens with zero attached hydrogens (tertiary/aromatic N) is 3. The van der Waals surface area contributed by atoms with Crippen LogP contribution in [0.1, 0.15) is 21.7 Å². The molecule has 23 heavy (non-hydrogen) atoms. The Morgan fingerprint density at radius 3 is 2.91 bits per heavy atom. The minimum absolute atomic E-state index is 0.117. The van der Waals surface area contributed by atoms with E-state index >= 15 is 0 Å². The van der Waals surface area contributed by atoms with Crippen LogP contribution in [0.5, 0.6) is 0 Å². The molecular formula is C17H20N4O2. The molecule has 0 unspecified atom stereocenters. The number of carbonyl (C=O) groups excluding carboxylic acids is 1. The van der Waals surface area contributed by atoms with Crippen LogP contribution < -0.4 is 10.2 Å². The lowest BCUT2D eigenvalue weighted by atomic mass is 10.1. The number of hydrogen-bond donors (Lipinski definition) is 1. The zero-order chi connectivity index (χ0) is 16.1. The van der Waals surface area contributed by atoms with E-state index in [0.29, 0.717) is 31.1 Å². The number of ether oxygens (including phenoxy) is 1. The Bertz CT molecular complexity index is 684. The molecule has 0 bridgehead atoms. The van der Waals surface area contributed by atoms with E-state index in [0.717, 1.165) is 24.5 Å². The van der Waals surface area contributed by atoms with Crippen molar-refractivity contribution in [2.24, 2.45) is 0 Å². The lowest BCUT2D eigenvalue weighted by Gasteiger charge is -2.27. The first-order chi connectivity index (χ1) is 11.2. The Hall–Kier alpha value is -2.47. The van der Waals surface area contributed by atoms with E-state index < -0.39 is 0 Å². The van der Waals surface area contributed by atoms with Gasteiger partial charge in [0.15, 0.2) is 0 Å². The van der Waals surface area contributed by atoms with Gasteiger partial charge in [-0.05, 0) is 25.1 Å². The summed E-state index contributed by atoms with van der Waals surface area (Å²) in [6.45, 7) is 5.35. The summed E-state index contributed by atoms with van der Waals surface area (Å²) < 4.78 is 5.35. The number of benzene rings is 1. The summed E-state index contributed by atoms with van der Waals surface area (Å²) in [5.74, 6) is 1.37. The van der Waals surface area contributed by atoms with Crippen LogP contribution in [0.25, 0.3) is 0 Å². The first kappa shape index (κ1) is 15.4. The van der Waals surface area contributed by atoms with E-state index in [1.807, 2.05) is 31.2 Å². The third-order valence-electron chi connectivity index (χ3n) is 3.71. The van der Waals surface area contributed by atoms with Crippen LogP contribution in [-0.4, -0.2) is 42.2 Å². The monoisotopic (exact) mass is 312 g/mol. The minimum Gasteiger partial charge on any atom is -0.378 e. The van der Waals surface area contributed by atoms with E-state index in [4.69, 9.17) is 4.74 Å². The number of anilines is 1. The highest BCUT2D eigenvalue weighted by molar-refractivity contribution is 5.94. The summed E-state index contributed by atoms with van der Waals surface area (Å²) in [4.78, 5) is 23.1. The molecule has 6 heteroatoms. The molecule has 1 N–H and O–H groups in total. The Balaban J connectivity index is 1.63. The average Bonchev–Trinajstić information content (AvgIpc) is 2.61. The van der Waals surface area contributed by atoms with Gasteiger partial charge in [-0.3, -0.25) is 4.79 Å². The van der Waals surface area contributed by atoms with E-state index in [2.05, 4.69) is 20.2 Å². The van der Waals surface area contributed by atoms with Crippen LogP contribution in [0.3, 0.4) is 0 Å². The molecule has 6 nitrogen and oxygen atoms in total. The predicted octanol–water partition coefficient (Wildman–Crippen LogP) is 1.55. The van der Waals surface area contributed by atoms with Gasteiger partial charge in [0.05, 0.1) is 19.8 Å². The number of aryl methyl sites for hydroxylation is 1. The van der Waals surface area contributed by atoms with Crippen LogP contribution in [0.15, 0.2) is 36.5 Å². The summed E-state index contributed by atoms with van der Waals surface area (Å²) in [5.41, 5.74) is 1.71. The van der Waals surface area contributed by atoms with Gasteiger partial charge in [0.1, 0.15) is 11.6 Å². The van der Waals surface area contributed by atoms with E-state index in [1.54, 1.807) is 12.3 Å². The summed E-state index contributed by atoms with van der Waals surface area (Å²) in [7, 11) is 0. The lowest BCUT2D eigenvalue weighted by molar-refractivity contribution is 0.0950. The second-order valence-corrected chi connectivity index (χ2v) is 5.48. The smallest absolute Gasteiger partial charge is 0.251 e. The van der Waals surface area contributed by atoms with Gasteiger partial charge < -0.3 is 15.0 Å². The predicted molar refractivity (Wildman–Crippen MR) is 87.4 cm³/mol. The molecule has 1 aliphatic rings. The highest BCUT2D eigenvalue weighted by Gasteiger charge is 2.13. The van der Waals surface area contributed by atoms with E-state index in [-0.39, 0.29) is 5.91 Å². The molecule has 1 fully saturated rings. The quantitative estimate of drug-likeness (QED) is 0.928. The highest BCUT2D eigenvalue weighted by atomic mass is 16.5. The SMILES string of the molecule is Cc1cccc(C(=O)NCc2nccc(N3CCOCC3)n2)c1. The zero-order valence-electron chi connectivity index (χ0n) is 13.2. The normalized spacial score (nSPS) is 14.6. The van der Waals surface area contributed by atoms with Crippen molar-refractivity contribution in [1.29, 1.82) is 0 Å². The molecule has 3 rings (SSSR count). The maximum Gasteiger partial charge on any atom is 0.251 e. The van der Waals surface area contributed by atoms with Gasteiger partial charge in [0.25, 0.3) is 5.91 Å². The van der Waals surface area contributed by atoms with Crippen LogP contribution in [0, 0.1) is 6.92 Å². The largest absolute Gasteiger partial charge is 0.378 e. The Kier molecular flexibility index (Phi) is 4.83. The van der Waals surface area contributed by atoms with Crippen molar-refractivity contribution in [2.45, 2.75) is 13.5 Å². The lowest BCUT2D eigenvalue weighted by Crippen LogP contribution is -2.37. The van der Waals surface area contributed by atoms with Crippen LogP contribution in [0.4, 0.5) is 5.82 Å². The van der Waals surface area contributed by atoms with Gasteiger partial charge in [-0.15, -0.1) is 0 Å². The topological polar surface area (TPSA) is 67.4 Å². The van der Waals surface area contributed by atoms with Crippen molar-refractivity contribution in [3.8, 4) is 0 Å². The maximum absolute atomic E-state index is 12.2. The molecule has 1 amide bonds. The van der Waals surface area contributed by atoms with Gasteiger partial charge in [0, 0.05) is 24.8 Å². The maximum atomic E-state index is 12.2. The summed E-state index contributed by atoms with van der Waals surface area (Å²) >= 11 is 0. The number of amides is 1. The third-order valence-corrected chi connectivity index (χ3v) is 3.71. The molecule has 0 atom stereocenters. The molecule has 1 aromatic heterocycles. The number of nitrogens with one attached hydrogen (secondary N) is 1. The molecule has 2 aromatic rings. The fraction of sp³-hybridized carbons (Fsp3) is 0.353. The number of rotatable bonds is 4. The molecule has 0 saturated carbocycles. The van der Waals surface area contributed by atoms with Gasteiger partial charge in [-0.25, -0.2) is 9.97 Å². The summed E-state index contributed by atoms with van der Waals surface area (Å²) in [6.07, 6.45) is 1.73. The first-order valence-corrected chi connectivity index (χ1v) is 7.72. The van der Waals surface area contributed by atoms with Crippen molar-refractivity contribution in [3.63, 3.8) is 0 Å². The second-order valence-electron chi connectivity index (χ2n) is 5.48. The average molecular weight is 312 g/mol. The molecule has 2 heterocycles. The van der Waals surface area contributed by atoms with Crippen LogP contribution >= 0.6 is 0 Å². The zero-order valence-corrected chi connectivity index (χ0v) is 13.2. The molecule has 120 valence electrons. The molecule has 1 aliphatic heterocycles. The Labute approximate surface area is 135 Å². The standard InChI is InChI=1S/C17H20N4O2/c1-13-3-2-4-14(11-13)17(22)19-12-15-18-6-5-16(20-15)21-7-9-23-10-8-21/h2-6,11H,7-10,12H2,1H3,(H,19,22). The number of carbonyl (C=O) groups is 1. The number of aromatic nitrogens is 2. The van der Waals surface area contributed by atoms with Crippen molar-refractivity contribution in [3.05, 3.63) is 53.5 Å². The van der Waals surface area contributed by atoms with Crippen molar-refractivity contribution in [1.82, 2.24) is 15.3 Å². The van der Waals surface area contributed by atoms with Crippen LogP contribution in [0.2, 0.25) is 0 Å². The van der Waals surface area contributed by atoms with Crippen molar-refractivity contribution in [2.75, 3.05) is 31.2 Å². The molecular weight excluding hydrogens is 292 g/mol. The highest BCUT2D eigenvalue weighted by Crippen LogP contribution is 2.12.